The molecule has 1 unspecified atom stereocenters. The average Bonchev–Trinajstić information content (AvgIpc) is 2.54. The van der Waals surface area contributed by atoms with Crippen molar-refractivity contribution >= 4 is 11.8 Å². The molecule has 0 bridgehead atoms. The number of carbonyl (C=O) groups is 2. The van der Waals surface area contributed by atoms with Crippen molar-refractivity contribution in [1.29, 1.82) is 0 Å². The zero-order chi connectivity index (χ0) is 13.7. The second-order valence-electron chi connectivity index (χ2n) is 5.09. The highest BCUT2D eigenvalue weighted by Crippen LogP contribution is 2.14. The molecule has 1 rings (SSSR count). The van der Waals surface area contributed by atoms with Crippen molar-refractivity contribution in [2.45, 2.75) is 33.2 Å². The van der Waals surface area contributed by atoms with E-state index in [-0.39, 0.29) is 23.8 Å². The Hall–Kier alpha value is -1.14. The number of rotatable bonds is 3. The van der Waals surface area contributed by atoms with Crippen molar-refractivity contribution in [3.8, 4) is 0 Å². The van der Waals surface area contributed by atoms with Gasteiger partial charge in [-0.05, 0) is 12.3 Å². The summed E-state index contributed by atoms with van der Waals surface area (Å²) in [5, 5.41) is 0. The maximum absolute atomic E-state index is 11.8. The quantitative estimate of drug-likeness (QED) is 0.407. The third-order valence-electron chi connectivity index (χ3n) is 3.41. The first kappa shape index (κ1) is 14.9. The maximum atomic E-state index is 11.8. The predicted octanol–water partition coefficient (Wildman–Crippen LogP) is -0.445. The van der Waals surface area contributed by atoms with Gasteiger partial charge in [-0.2, -0.15) is 0 Å². The second-order valence-corrected chi connectivity index (χ2v) is 5.09. The predicted molar refractivity (Wildman–Crippen MR) is 69.4 cm³/mol. The van der Waals surface area contributed by atoms with E-state index in [1.807, 2.05) is 18.7 Å². The molecule has 1 saturated heterocycles. The van der Waals surface area contributed by atoms with Crippen molar-refractivity contribution in [3.05, 3.63) is 0 Å². The van der Waals surface area contributed by atoms with Gasteiger partial charge in [-0.3, -0.25) is 19.9 Å². The van der Waals surface area contributed by atoms with Crippen molar-refractivity contribution < 1.29 is 9.59 Å². The lowest BCUT2D eigenvalue weighted by Crippen LogP contribution is -2.52. The highest BCUT2D eigenvalue weighted by atomic mass is 16.2. The molecule has 18 heavy (non-hydrogen) atoms. The smallest absolute Gasteiger partial charge is 0.251 e. The van der Waals surface area contributed by atoms with Gasteiger partial charge >= 0.3 is 0 Å². The van der Waals surface area contributed by atoms with Crippen LogP contribution < -0.4 is 11.3 Å². The van der Waals surface area contributed by atoms with Crippen LogP contribution >= 0.6 is 0 Å². The van der Waals surface area contributed by atoms with Gasteiger partial charge in [-0.25, -0.2) is 5.84 Å². The minimum absolute atomic E-state index is 0.0984. The highest BCUT2D eigenvalue weighted by Gasteiger charge is 2.30. The van der Waals surface area contributed by atoms with Crippen LogP contribution in [0.2, 0.25) is 0 Å². The topological polar surface area (TPSA) is 78.7 Å². The fourth-order valence-corrected chi connectivity index (χ4v) is 2.51. The summed E-state index contributed by atoms with van der Waals surface area (Å²) >= 11 is 0. The number of nitrogens with two attached hydrogens (primary N) is 1. The fraction of sp³-hybridized carbons (Fsp3) is 0.833. The van der Waals surface area contributed by atoms with E-state index in [1.165, 1.54) is 0 Å². The van der Waals surface area contributed by atoms with Crippen LogP contribution in [-0.2, 0) is 9.59 Å². The first-order valence-electron chi connectivity index (χ1n) is 6.47. The molecule has 1 fully saturated rings. The Labute approximate surface area is 108 Å². The van der Waals surface area contributed by atoms with Gasteiger partial charge < -0.3 is 4.90 Å². The minimum atomic E-state index is -0.220. The molecular weight excluding hydrogens is 232 g/mol. The van der Waals surface area contributed by atoms with Crippen molar-refractivity contribution in [3.63, 3.8) is 0 Å². The van der Waals surface area contributed by atoms with E-state index >= 15 is 0 Å². The molecule has 0 aromatic heterocycles. The van der Waals surface area contributed by atoms with E-state index in [9.17, 15) is 9.59 Å². The van der Waals surface area contributed by atoms with Crippen molar-refractivity contribution in [2.24, 2.45) is 11.8 Å². The first-order chi connectivity index (χ1) is 8.47. The second kappa shape index (κ2) is 6.70. The van der Waals surface area contributed by atoms with Crippen molar-refractivity contribution in [1.82, 2.24) is 15.2 Å². The number of hydrogen-bond acceptors (Lipinski definition) is 4. The van der Waals surface area contributed by atoms with Gasteiger partial charge in [-0.15, -0.1) is 0 Å². The molecule has 1 aliphatic rings. The Morgan fingerprint density at radius 2 is 1.83 bits per heavy atom. The van der Waals surface area contributed by atoms with Gasteiger partial charge in [0.2, 0.25) is 5.91 Å². The van der Waals surface area contributed by atoms with Crippen LogP contribution in [0, 0.1) is 5.92 Å². The molecule has 6 heteroatoms. The third kappa shape index (κ3) is 3.68. The van der Waals surface area contributed by atoms with E-state index in [2.05, 4.69) is 10.3 Å². The van der Waals surface area contributed by atoms with Crippen molar-refractivity contribution in [2.75, 3.05) is 26.2 Å². The Balaban J connectivity index is 2.70. The van der Waals surface area contributed by atoms with Crippen LogP contribution in [0.25, 0.3) is 0 Å². The number of nitrogens with zero attached hydrogens (tertiary/aromatic N) is 2. The summed E-state index contributed by atoms with van der Waals surface area (Å²) in [5.74, 6) is 5.38. The van der Waals surface area contributed by atoms with E-state index in [4.69, 9.17) is 5.84 Å². The summed E-state index contributed by atoms with van der Waals surface area (Å²) < 4.78 is 0. The molecule has 2 amide bonds. The summed E-state index contributed by atoms with van der Waals surface area (Å²) in [6.45, 7) is 8.58. The van der Waals surface area contributed by atoms with Gasteiger partial charge in [0.05, 0.1) is 6.04 Å². The van der Waals surface area contributed by atoms with E-state index < -0.39 is 0 Å². The van der Waals surface area contributed by atoms with Crippen LogP contribution in [-0.4, -0.2) is 53.8 Å². The summed E-state index contributed by atoms with van der Waals surface area (Å²) in [6, 6.07) is -0.220. The summed E-state index contributed by atoms with van der Waals surface area (Å²) in [7, 11) is 0. The molecule has 0 saturated carbocycles. The summed E-state index contributed by atoms with van der Waals surface area (Å²) in [4.78, 5) is 27.1. The van der Waals surface area contributed by atoms with Gasteiger partial charge in [-0.1, -0.05) is 13.8 Å². The maximum Gasteiger partial charge on any atom is 0.251 e. The number of hydrogen-bond donors (Lipinski definition) is 2. The van der Waals surface area contributed by atoms with Gasteiger partial charge in [0, 0.05) is 33.1 Å². The number of hydrazine groups is 1. The highest BCUT2D eigenvalue weighted by molar-refractivity contribution is 5.81. The number of carbonyl (C=O) groups excluding carboxylic acids is 2. The van der Waals surface area contributed by atoms with E-state index in [1.54, 1.807) is 6.92 Å². The van der Waals surface area contributed by atoms with Crippen LogP contribution in [0.3, 0.4) is 0 Å². The largest absolute Gasteiger partial charge is 0.342 e. The zero-order valence-corrected chi connectivity index (χ0v) is 11.5. The molecule has 6 nitrogen and oxygen atoms in total. The Morgan fingerprint density at radius 3 is 2.33 bits per heavy atom. The molecule has 0 spiro atoms. The normalized spacial score (nSPS) is 19.5. The monoisotopic (exact) mass is 256 g/mol. The molecule has 104 valence electrons. The lowest BCUT2D eigenvalue weighted by Gasteiger charge is -2.31. The molecule has 1 atom stereocenters. The molecule has 0 aromatic carbocycles. The van der Waals surface area contributed by atoms with Crippen LogP contribution in [0.15, 0.2) is 0 Å². The van der Waals surface area contributed by atoms with Gasteiger partial charge in [0.1, 0.15) is 0 Å². The third-order valence-corrected chi connectivity index (χ3v) is 3.41. The van der Waals surface area contributed by atoms with Gasteiger partial charge in [0.25, 0.3) is 5.91 Å². The van der Waals surface area contributed by atoms with E-state index in [0.29, 0.717) is 6.54 Å². The van der Waals surface area contributed by atoms with Crippen LogP contribution in [0.1, 0.15) is 27.2 Å². The molecule has 0 radical (unpaired) electrons. The molecule has 0 aliphatic carbocycles. The zero-order valence-electron chi connectivity index (χ0n) is 11.5. The lowest BCUT2D eigenvalue weighted by atomic mass is 10.0. The molecule has 3 N–H and O–H groups in total. The first-order valence-corrected chi connectivity index (χ1v) is 6.47. The SMILES string of the molecule is CC(=O)N1CCCN(C(C(=O)NN)C(C)C)CC1. The van der Waals surface area contributed by atoms with Gasteiger partial charge in [0.15, 0.2) is 0 Å². The molecule has 1 aliphatic heterocycles. The van der Waals surface area contributed by atoms with Crippen LogP contribution in [0.5, 0.6) is 0 Å². The fourth-order valence-electron chi connectivity index (χ4n) is 2.51. The summed E-state index contributed by atoms with van der Waals surface area (Å²) in [6.07, 6.45) is 0.890. The number of amides is 2. The number of nitrogens with one attached hydrogen (secondary N) is 1. The Morgan fingerprint density at radius 1 is 1.17 bits per heavy atom. The minimum Gasteiger partial charge on any atom is -0.342 e. The molecule has 0 aromatic rings. The summed E-state index contributed by atoms with van der Waals surface area (Å²) in [5.41, 5.74) is 2.24. The average molecular weight is 256 g/mol. The van der Waals surface area contributed by atoms with E-state index in [0.717, 1.165) is 26.1 Å². The molecular formula is C12H24N4O2. The standard InChI is InChI=1S/C12H24N4O2/c1-9(2)11(12(18)14-13)16-6-4-5-15(7-8-16)10(3)17/h9,11H,4-8,13H2,1-3H3,(H,14,18). The van der Waals surface area contributed by atoms with Crippen LogP contribution in [0.4, 0.5) is 0 Å². The Bertz CT molecular complexity index is 306. The lowest BCUT2D eigenvalue weighted by molar-refractivity contribution is -0.128. The molecule has 1 heterocycles. The Kier molecular flexibility index (Phi) is 5.55.